The second-order valence-corrected chi connectivity index (χ2v) is 6.45. The standard InChI is InChI=1S/C21H33NO5/c1-3-5-6-11-16-22(25)21(24)18-13-9-10-14-19(18)27-17-12-7-8-15-20(23)26-4-2/h9-10,13-14,25H,3-8,11-12,15-17H2,1-2H3. The zero-order valence-corrected chi connectivity index (χ0v) is 16.6. The topological polar surface area (TPSA) is 76.1 Å². The molecule has 0 saturated carbocycles. The number of esters is 1. The van der Waals surface area contributed by atoms with Crippen molar-refractivity contribution in [1.82, 2.24) is 5.06 Å². The van der Waals surface area contributed by atoms with Crippen molar-refractivity contribution < 1.29 is 24.3 Å². The van der Waals surface area contributed by atoms with E-state index in [0.29, 0.717) is 37.5 Å². The molecule has 0 atom stereocenters. The minimum Gasteiger partial charge on any atom is -0.493 e. The van der Waals surface area contributed by atoms with Crippen LogP contribution in [0.3, 0.4) is 0 Å². The Balaban J connectivity index is 2.40. The smallest absolute Gasteiger partial charge is 0.305 e. The fourth-order valence-electron chi connectivity index (χ4n) is 2.66. The number of para-hydroxylation sites is 1. The molecule has 1 amide bonds. The fourth-order valence-corrected chi connectivity index (χ4v) is 2.66. The molecule has 0 aromatic heterocycles. The largest absolute Gasteiger partial charge is 0.493 e. The number of rotatable bonds is 14. The van der Waals surface area contributed by atoms with E-state index in [4.69, 9.17) is 9.47 Å². The molecule has 0 aliphatic rings. The molecule has 0 aliphatic carbocycles. The van der Waals surface area contributed by atoms with Gasteiger partial charge in [-0.15, -0.1) is 0 Å². The zero-order chi connectivity index (χ0) is 19.9. The van der Waals surface area contributed by atoms with Crippen molar-refractivity contribution in [1.29, 1.82) is 0 Å². The van der Waals surface area contributed by atoms with Crippen LogP contribution in [-0.4, -0.2) is 41.9 Å². The molecule has 0 aliphatic heterocycles. The quantitative estimate of drug-likeness (QED) is 0.221. The van der Waals surface area contributed by atoms with Crippen LogP contribution in [0, 0.1) is 0 Å². The van der Waals surface area contributed by atoms with Gasteiger partial charge in [-0.3, -0.25) is 14.8 Å². The number of nitrogens with zero attached hydrogens (tertiary/aromatic N) is 1. The first-order chi connectivity index (χ1) is 13.1. The molecule has 0 unspecified atom stereocenters. The van der Waals surface area contributed by atoms with E-state index < -0.39 is 5.91 Å². The summed E-state index contributed by atoms with van der Waals surface area (Å²) in [5, 5.41) is 10.8. The summed E-state index contributed by atoms with van der Waals surface area (Å²) in [6.07, 6.45) is 6.77. The predicted octanol–water partition coefficient (Wildman–Crippen LogP) is 4.60. The molecule has 1 N–H and O–H groups in total. The third-order valence-corrected chi connectivity index (χ3v) is 4.16. The Kier molecular flexibility index (Phi) is 11.9. The molecule has 0 fully saturated rings. The highest BCUT2D eigenvalue weighted by atomic mass is 16.5. The summed E-state index contributed by atoms with van der Waals surface area (Å²) < 4.78 is 10.6. The number of hydroxylamine groups is 2. The van der Waals surface area contributed by atoms with Crippen molar-refractivity contribution in [3.8, 4) is 5.75 Å². The first kappa shape index (κ1) is 23.0. The number of carbonyl (C=O) groups excluding carboxylic acids is 2. The molecule has 0 spiro atoms. The van der Waals surface area contributed by atoms with E-state index in [0.717, 1.165) is 50.0 Å². The van der Waals surface area contributed by atoms with Gasteiger partial charge in [0.15, 0.2) is 0 Å². The molecule has 1 aromatic rings. The van der Waals surface area contributed by atoms with Gasteiger partial charge in [0.05, 0.1) is 18.8 Å². The Bertz CT molecular complexity index is 561. The molecule has 0 radical (unpaired) electrons. The second-order valence-electron chi connectivity index (χ2n) is 6.45. The summed E-state index contributed by atoms with van der Waals surface area (Å²) in [5.74, 6) is -0.138. The van der Waals surface area contributed by atoms with Crippen molar-refractivity contribution in [2.45, 2.75) is 65.2 Å². The molecule has 1 rings (SSSR count). The third kappa shape index (κ3) is 9.43. The maximum Gasteiger partial charge on any atom is 0.305 e. The van der Waals surface area contributed by atoms with Crippen LogP contribution < -0.4 is 4.74 Å². The SMILES string of the molecule is CCCCCCN(O)C(=O)c1ccccc1OCCCCCC(=O)OCC. The summed E-state index contributed by atoms with van der Waals surface area (Å²) in [5.41, 5.74) is 0.363. The Morgan fingerprint density at radius 3 is 2.48 bits per heavy atom. The van der Waals surface area contributed by atoms with E-state index in [1.165, 1.54) is 0 Å². The number of carbonyl (C=O) groups is 2. The first-order valence-corrected chi connectivity index (χ1v) is 9.98. The van der Waals surface area contributed by atoms with Crippen molar-refractivity contribution in [2.75, 3.05) is 19.8 Å². The van der Waals surface area contributed by atoms with Gasteiger partial charge in [0.25, 0.3) is 5.91 Å². The van der Waals surface area contributed by atoms with Crippen LogP contribution in [0.2, 0.25) is 0 Å². The molecule has 152 valence electrons. The highest BCUT2D eigenvalue weighted by molar-refractivity contribution is 5.96. The van der Waals surface area contributed by atoms with Crippen LogP contribution in [0.1, 0.15) is 75.6 Å². The summed E-state index contributed by atoms with van der Waals surface area (Å²) in [7, 11) is 0. The Morgan fingerprint density at radius 2 is 1.74 bits per heavy atom. The number of ether oxygens (including phenoxy) is 2. The van der Waals surface area contributed by atoms with Gasteiger partial charge in [0.2, 0.25) is 0 Å². The molecular weight excluding hydrogens is 346 g/mol. The van der Waals surface area contributed by atoms with E-state index >= 15 is 0 Å². The Morgan fingerprint density at radius 1 is 1.00 bits per heavy atom. The summed E-state index contributed by atoms with van der Waals surface area (Å²) in [6, 6.07) is 6.95. The van der Waals surface area contributed by atoms with Crippen LogP contribution >= 0.6 is 0 Å². The van der Waals surface area contributed by atoms with Gasteiger partial charge in [-0.2, -0.15) is 0 Å². The minimum atomic E-state index is -0.440. The maximum absolute atomic E-state index is 12.4. The Labute approximate surface area is 162 Å². The van der Waals surface area contributed by atoms with Gasteiger partial charge in [0, 0.05) is 13.0 Å². The molecule has 27 heavy (non-hydrogen) atoms. The van der Waals surface area contributed by atoms with Crippen LogP contribution in [0.25, 0.3) is 0 Å². The monoisotopic (exact) mass is 379 g/mol. The van der Waals surface area contributed by atoms with Crippen LogP contribution in [0.5, 0.6) is 5.75 Å². The lowest BCUT2D eigenvalue weighted by molar-refractivity contribution is -0.143. The summed E-state index contributed by atoms with van der Waals surface area (Å²) >= 11 is 0. The molecule has 6 nitrogen and oxygen atoms in total. The molecule has 1 aromatic carbocycles. The number of hydrogen-bond acceptors (Lipinski definition) is 5. The number of hydrogen-bond donors (Lipinski definition) is 1. The van der Waals surface area contributed by atoms with Crippen molar-refractivity contribution >= 4 is 11.9 Å². The highest BCUT2D eigenvalue weighted by Gasteiger charge is 2.17. The highest BCUT2D eigenvalue weighted by Crippen LogP contribution is 2.20. The van der Waals surface area contributed by atoms with Crippen LogP contribution in [0.15, 0.2) is 24.3 Å². The first-order valence-electron chi connectivity index (χ1n) is 9.98. The average Bonchev–Trinajstić information content (AvgIpc) is 2.67. The van der Waals surface area contributed by atoms with E-state index in [-0.39, 0.29) is 5.97 Å². The number of benzene rings is 1. The van der Waals surface area contributed by atoms with Gasteiger partial charge >= 0.3 is 5.97 Å². The van der Waals surface area contributed by atoms with E-state index in [9.17, 15) is 14.8 Å². The lowest BCUT2D eigenvalue weighted by Crippen LogP contribution is -2.28. The molecule has 0 heterocycles. The van der Waals surface area contributed by atoms with E-state index in [2.05, 4.69) is 6.92 Å². The van der Waals surface area contributed by atoms with Crippen molar-refractivity contribution in [2.24, 2.45) is 0 Å². The minimum absolute atomic E-state index is 0.170. The fraction of sp³-hybridized carbons (Fsp3) is 0.619. The van der Waals surface area contributed by atoms with Gasteiger partial charge in [-0.25, -0.2) is 5.06 Å². The molecule has 0 bridgehead atoms. The molecule has 6 heteroatoms. The normalized spacial score (nSPS) is 10.5. The maximum atomic E-state index is 12.4. The van der Waals surface area contributed by atoms with Gasteiger partial charge in [-0.05, 0) is 44.7 Å². The summed E-state index contributed by atoms with van der Waals surface area (Å²) in [4.78, 5) is 23.7. The lowest BCUT2D eigenvalue weighted by Gasteiger charge is -2.17. The zero-order valence-electron chi connectivity index (χ0n) is 16.6. The Hall–Kier alpha value is -2.08. The van der Waals surface area contributed by atoms with Crippen LogP contribution in [0.4, 0.5) is 0 Å². The summed E-state index contributed by atoms with van der Waals surface area (Å²) in [6.45, 7) is 5.10. The van der Waals surface area contributed by atoms with Crippen molar-refractivity contribution in [3.63, 3.8) is 0 Å². The average molecular weight is 379 g/mol. The predicted molar refractivity (Wildman–Crippen MR) is 104 cm³/mol. The van der Waals surface area contributed by atoms with Crippen LogP contribution in [-0.2, 0) is 9.53 Å². The van der Waals surface area contributed by atoms with Gasteiger partial charge < -0.3 is 9.47 Å². The lowest BCUT2D eigenvalue weighted by atomic mass is 10.1. The third-order valence-electron chi connectivity index (χ3n) is 4.16. The number of unbranched alkanes of at least 4 members (excludes halogenated alkanes) is 5. The molecule has 0 saturated heterocycles. The van der Waals surface area contributed by atoms with E-state index in [1.807, 2.05) is 0 Å². The second kappa shape index (κ2) is 14.0. The van der Waals surface area contributed by atoms with Gasteiger partial charge in [-0.1, -0.05) is 38.3 Å². The van der Waals surface area contributed by atoms with E-state index in [1.54, 1.807) is 31.2 Å². The number of amides is 1. The van der Waals surface area contributed by atoms with Crippen molar-refractivity contribution in [3.05, 3.63) is 29.8 Å². The molecular formula is C21H33NO5. The van der Waals surface area contributed by atoms with Gasteiger partial charge in [0.1, 0.15) is 5.75 Å².